The molecule has 94 valence electrons. The summed E-state index contributed by atoms with van der Waals surface area (Å²) in [7, 11) is -0.858. The van der Waals surface area contributed by atoms with Crippen LogP contribution in [0.2, 0.25) is 0 Å². The largest absolute Gasteiger partial charge is 0.486 e. The zero-order valence-corrected chi connectivity index (χ0v) is 10.7. The molecule has 0 saturated carbocycles. The lowest BCUT2D eigenvalue weighted by Gasteiger charge is -2.20. The predicted octanol–water partition coefficient (Wildman–Crippen LogP) is 1.70. The van der Waals surface area contributed by atoms with Crippen molar-refractivity contribution < 1.29 is 13.7 Å². The van der Waals surface area contributed by atoms with Crippen LogP contribution in [0.3, 0.4) is 0 Å². The molecule has 1 aromatic rings. The molecule has 1 heterocycles. The van der Waals surface area contributed by atoms with Gasteiger partial charge in [-0.15, -0.1) is 0 Å². The van der Waals surface area contributed by atoms with Gasteiger partial charge >= 0.3 is 0 Å². The van der Waals surface area contributed by atoms with Crippen molar-refractivity contribution in [2.45, 2.75) is 19.1 Å². The van der Waals surface area contributed by atoms with Crippen molar-refractivity contribution in [1.29, 1.82) is 0 Å². The minimum atomic E-state index is -0.858. The lowest BCUT2D eigenvalue weighted by Crippen LogP contribution is -2.16. The third-order valence-corrected chi connectivity index (χ3v) is 4.05. The van der Waals surface area contributed by atoms with Gasteiger partial charge in [0.25, 0.3) is 0 Å². The molecule has 2 rings (SSSR count). The lowest BCUT2D eigenvalue weighted by atomic mass is 10.2. The lowest BCUT2D eigenvalue weighted by molar-refractivity contribution is 0.171. The third-order valence-electron chi connectivity index (χ3n) is 2.55. The minimum absolute atomic E-state index is 0.482. The van der Waals surface area contributed by atoms with Gasteiger partial charge < -0.3 is 15.2 Å². The quantitative estimate of drug-likeness (QED) is 0.832. The molecule has 0 spiro atoms. The van der Waals surface area contributed by atoms with Gasteiger partial charge in [-0.25, -0.2) is 0 Å². The highest BCUT2D eigenvalue weighted by Gasteiger charge is 2.15. The van der Waals surface area contributed by atoms with Gasteiger partial charge in [0.15, 0.2) is 11.5 Å². The van der Waals surface area contributed by atoms with Crippen LogP contribution in [-0.2, 0) is 16.6 Å². The second-order valence-corrected chi connectivity index (χ2v) is 5.56. The average Bonchev–Trinajstić information content (AvgIpc) is 2.30. The SMILES string of the molecule is CCCS(=O)Cc1cc2c(cc1N)OCCO2. The standard InChI is InChI=1S/C12H17NO3S/c1-2-5-17(14)8-9-6-11-12(7-10(9)13)16-4-3-15-11/h6-7H,2-5,8,13H2,1H3. The summed E-state index contributed by atoms with van der Waals surface area (Å²) >= 11 is 0. The van der Waals surface area contributed by atoms with Crippen LogP contribution in [0.4, 0.5) is 5.69 Å². The Morgan fingerprint density at radius 1 is 1.29 bits per heavy atom. The molecule has 1 aliphatic heterocycles. The second kappa shape index (κ2) is 5.40. The number of hydrogen-bond donors (Lipinski definition) is 1. The molecule has 0 radical (unpaired) electrons. The van der Waals surface area contributed by atoms with Crippen LogP contribution < -0.4 is 15.2 Å². The highest BCUT2D eigenvalue weighted by Crippen LogP contribution is 2.34. The van der Waals surface area contributed by atoms with E-state index < -0.39 is 10.8 Å². The van der Waals surface area contributed by atoms with Crippen LogP contribution in [-0.4, -0.2) is 23.2 Å². The molecule has 0 amide bonds. The average molecular weight is 255 g/mol. The highest BCUT2D eigenvalue weighted by molar-refractivity contribution is 7.84. The first-order valence-electron chi connectivity index (χ1n) is 5.73. The molecule has 5 heteroatoms. The van der Waals surface area contributed by atoms with Crippen LogP contribution in [0.15, 0.2) is 12.1 Å². The van der Waals surface area contributed by atoms with E-state index in [-0.39, 0.29) is 0 Å². The molecule has 0 fully saturated rings. The van der Waals surface area contributed by atoms with Crippen molar-refractivity contribution in [3.63, 3.8) is 0 Å². The molecule has 0 saturated heterocycles. The van der Waals surface area contributed by atoms with Crippen LogP contribution in [0.5, 0.6) is 11.5 Å². The van der Waals surface area contributed by atoms with Crippen molar-refractivity contribution >= 4 is 16.5 Å². The monoisotopic (exact) mass is 255 g/mol. The number of nitrogen functional groups attached to an aromatic ring is 1. The van der Waals surface area contributed by atoms with Crippen molar-refractivity contribution in [1.82, 2.24) is 0 Å². The summed E-state index contributed by atoms with van der Waals surface area (Å²) in [4.78, 5) is 0. The summed E-state index contributed by atoms with van der Waals surface area (Å²) in [5.41, 5.74) is 7.42. The molecule has 4 nitrogen and oxygen atoms in total. The van der Waals surface area contributed by atoms with Gasteiger partial charge in [0.05, 0.1) is 5.75 Å². The predicted molar refractivity (Wildman–Crippen MR) is 68.8 cm³/mol. The van der Waals surface area contributed by atoms with Gasteiger partial charge in [-0.1, -0.05) is 6.92 Å². The smallest absolute Gasteiger partial charge is 0.163 e. The summed E-state index contributed by atoms with van der Waals surface area (Å²) < 4.78 is 22.6. The molecule has 17 heavy (non-hydrogen) atoms. The topological polar surface area (TPSA) is 61.6 Å². The molecular weight excluding hydrogens is 238 g/mol. The summed E-state index contributed by atoms with van der Waals surface area (Å²) in [5.74, 6) is 2.57. The van der Waals surface area contributed by atoms with E-state index in [0.717, 1.165) is 12.0 Å². The Morgan fingerprint density at radius 2 is 1.94 bits per heavy atom. The fourth-order valence-corrected chi connectivity index (χ4v) is 2.94. The number of hydrogen-bond acceptors (Lipinski definition) is 4. The first kappa shape index (κ1) is 12.2. The van der Waals surface area contributed by atoms with E-state index in [1.807, 2.05) is 13.0 Å². The summed E-state index contributed by atoms with van der Waals surface area (Å²) in [6.45, 7) is 3.12. The van der Waals surface area contributed by atoms with Crippen molar-refractivity contribution in [3.05, 3.63) is 17.7 Å². The summed E-state index contributed by atoms with van der Waals surface area (Å²) in [6, 6.07) is 3.60. The number of ether oxygens (including phenoxy) is 2. The van der Waals surface area contributed by atoms with Gasteiger partial charge in [0, 0.05) is 28.3 Å². The molecule has 0 aliphatic carbocycles. The van der Waals surface area contributed by atoms with Crippen molar-refractivity contribution in [2.75, 3.05) is 24.7 Å². The second-order valence-electron chi connectivity index (χ2n) is 3.98. The Kier molecular flexibility index (Phi) is 3.89. The minimum Gasteiger partial charge on any atom is -0.486 e. The number of fused-ring (bicyclic) bond motifs is 1. The number of anilines is 1. The van der Waals surface area contributed by atoms with Crippen molar-refractivity contribution in [3.8, 4) is 11.5 Å². The molecule has 1 aliphatic rings. The van der Waals surface area contributed by atoms with E-state index in [9.17, 15) is 4.21 Å². The Labute approximate surface area is 104 Å². The normalized spacial score (nSPS) is 15.6. The van der Waals surface area contributed by atoms with Crippen LogP contribution in [0.25, 0.3) is 0 Å². The molecule has 2 N–H and O–H groups in total. The number of rotatable bonds is 4. The molecule has 0 bridgehead atoms. The van der Waals surface area contributed by atoms with E-state index >= 15 is 0 Å². The van der Waals surface area contributed by atoms with Crippen LogP contribution in [0, 0.1) is 0 Å². The van der Waals surface area contributed by atoms with E-state index in [0.29, 0.717) is 41.9 Å². The third kappa shape index (κ3) is 2.91. The van der Waals surface area contributed by atoms with Crippen LogP contribution >= 0.6 is 0 Å². The molecule has 1 atom stereocenters. The maximum absolute atomic E-state index is 11.7. The van der Waals surface area contributed by atoms with Gasteiger partial charge in [0.2, 0.25) is 0 Å². The zero-order chi connectivity index (χ0) is 12.3. The maximum atomic E-state index is 11.7. The van der Waals surface area contributed by atoms with Gasteiger partial charge in [-0.2, -0.15) is 0 Å². The highest BCUT2D eigenvalue weighted by atomic mass is 32.2. The Hall–Kier alpha value is -1.23. The molecule has 0 aromatic heterocycles. The van der Waals surface area contributed by atoms with E-state index in [1.165, 1.54) is 0 Å². The Balaban J connectivity index is 2.19. The van der Waals surface area contributed by atoms with Gasteiger partial charge in [0.1, 0.15) is 13.2 Å². The Bertz CT molecular complexity index is 434. The molecule has 1 aromatic carbocycles. The molecule has 1 unspecified atom stereocenters. The fraction of sp³-hybridized carbons (Fsp3) is 0.500. The first-order valence-corrected chi connectivity index (χ1v) is 7.22. The maximum Gasteiger partial charge on any atom is 0.163 e. The fourth-order valence-electron chi connectivity index (χ4n) is 1.74. The van der Waals surface area contributed by atoms with E-state index in [4.69, 9.17) is 15.2 Å². The first-order chi connectivity index (χ1) is 8.20. The van der Waals surface area contributed by atoms with Crippen molar-refractivity contribution in [2.24, 2.45) is 0 Å². The summed E-state index contributed by atoms with van der Waals surface area (Å²) in [6.07, 6.45) is 0.914. The van der Waals surface area contributed by atoms with E-state index in [2.05, 4.69) is 0 Å². The number of benzene rings is 1. The number of nitrogens with two attached hydrogens (primary N) is 1. The zero-order valence-electron chi connectivity index (χ0n) is 9.90. The Morgan fingerprint density at radius 3 is 2.59 bits per heavy atom. The van der Waals surface area contributed by atoms with Gasteiger partial charge in [-0.3, -0.25) is 4.21 Å². The molecular formula is C12H17NO3S. The van der Waals surface area contributed by atoms with Crippen LogP contribution in [0.1, 0.15) is 18.9 Å². The summed E-state index contributed by atoms with van der Waals surface area (Å²) in [5, 5.41) is 0. The van der Waals surface area contributed by atoms with Gasteiger partial charge in [-0.05, 0) is 18.1 Å². The van der Waals surface area contributed by atoms with E-state index in [1.54, 1.807) is 6.07 Å².